The molecular weight excluding hydrogens is 220 g/mol. The van der Waals surface area contributed by atoms with Crippen molar-refractivity contribution in [1.82, 2.24) is 10.1 Å². The third-order valence-electron chi connectivity index (χ3n) is 2.48. The van der Waals surface area contributed by atoms with Crippen molar-refractivity contribution in [2.75, 3.05) is 0 Å². The lowest BCUT2D eigenvalue weighted by molar-refractivity contribution is 0.413. The number of nitrogens with one attached hydrogen (secondary N) is 1. The van der Waals surface area contributed by atoms with E-state index in [-0.39, 0.29) is 0 Å². The highest BCUT2D eigenvalue weighted by molar-refractivity contribution is 7.99. The largest absolute Gasteiger partial charge is 0.363 e. The molecule has 0 unspecified atom stereocenters. The van der Waals surface area contributed by atoms with Gasteiger partial charge in [-0.05, 0) is 13.0 Å². The van der Waals surface area contributed by atoms with Crippen LogP contribution in [-0.4, -0.2) is 10.1 Å². The van der Waals surface area contributed by atoms with Crippen molar-refractivity contribution in [3.8, 4) is 0 Å². The fourth-order valence-electron chi connectivity index (χ4n) is 1.63. The smallest absolute Gasteiger partial charge is 0.138 e. The number of aromatic amines is 1. The molecule has 2 aromatic heterocycles. The number of nitrogens with zero attached hydrogens (tertiary/aromatic N) is 1. The SMILES string of the molecule is Cc1nocc1Sc1c[nH]c2ccccc12. The fraction of sp³-hybridized carbons (Fsp3) is 0.0833. The Labute approximate surface area is 96.8 Å². The molecule has 4 heteroatoms. The molecule has 16 heavy (non-hydrogen) atoms. The summed E-state index contributed by atoms with van der Waals surface area (Å²) in [5, 5.41) is 5.10. The summed E-state index contributed by atoms with van der Waals surface area (Å²) >= 11 is 1.67. The minimum atomic E-state index is 0.926. The minimum Gasteiger partial charge on any atom is -0.363 e. The Bertz CT molecular complexity index is 627. The van der Waals surface area contributed by atoms with Crippen molar-refractivity contribution >= 4 is 22.7 Å². The second kappa shape index (κ2) is 3.72. The number of para-hydroxylation sites is 1. The molecule has 0 saturated carbocycles. The maximum absolute atomic E-state index is 4.93. The molecule has 0 saturated heterocycles. The highest BCUT2D eigenvalue weighted by atomic mass is 32.2. The molecule has 2 heterocycles. The molecule has 3 aromatic rings. The summed E-state index contributed by atoms with van der Waals surface area (Å²) < 4.78 is 4.93. The molecule has 0 aliphatic rings. The molecule has 3 nitrogen and oxygen atoms in total. The van der Waals surface area contributed by atoms with E-state index >= 15 is 0 Å². The van der Waals surface area contributed by atoms with Crippen LogP contribution in [0.2, 0.25) is 0 Å². The van der Waals surface area contributed by atoms with Gasteiger partial charge < -0.3 is 9.51 Å². The summed E-state index contributed by atoms with van der Waals surface area (Å²) in [6.07, 6.45) is 3.70. The molecular formula is C12H10N2OS. The maximum atomic E-state index is 4.93. The number of fused-ring (bicyclic) bond motifs is 1. The van der Waals surface area contributed by atoms with E-state index < -0.39 is 0 Å². The van der Waals surface area contributed by atoms with Gasteiger partial charge in [0.05, 0.1) is 10.6 Å². The molecule has 0 radical (unpaired) electrons. The lowest BCUT2D eigenvalue weighted by Crippen LogP contribution is -1.73. The highest BCUT2D eigenvalue weighted by Crippen LogP contribution is 2.34. The van der Waals surface area contributed by atoms with Crippen molar-refractivity contribution in [3.05, 3.63) is 42.4 Å². The van der Waals surface area contributed by atoms with E-state index in [0.29, 0.717) is 0 Å². The summed E-state index contributed by atoms with van der Waals surface area (Å²) in [6.45, 7) is 1.95. The first-order valence-corrected chi connectivity index (χ1v) is 5.81. The van der Waals surface area contributed by atoms with Gasteiger partial charge in [-0.1, -0.05) is 35.1 Å². The molecule has 0 aliphatic carbocycles. The first-order valence-electron chi connectivity index (χ1n) is 4.99. The minimum absolute atomic E-state index is 0.926. The highest BCUT2D eigenvalue weighted by Gasteiger charge is 2.08. The zero-order valence-corrected chi connectivity index (χ0v) is 9.54. The molecule has 0 aliphatic heterocycles. The number of hydrogen-bond acceptors (Lipinski definition) is 3. The molecule has 80 valence electrons. The van der Waals surface area contributed by atoms with Crippen LogP contribution >= 0.6 is 11.8 Å². The van der Waals surface area contributed by atoms with Gasteiger partial charge in [0.1, 0.15) is 6.26 Å². The lowest BCUT2D eigenvalue weighted by atomic mass is 10.2. The van der Waals surface area contributed by atoms with Crippen LogP contribution in [0.4, 0.5) is 0 Å². The summed E-state index contributed by atoms with van der Waals surface area (Å²) in [5.41, 5.74) is 2.08. The Hall–Kier alpha value is -1.68. The van der Waals surface area contributed by atoms with Gasteiger partial charge in [0.2, 0.25) is 0 Å². The summed E-state index contributed by atoms with van der Waals surface area (Å²) in [5.74, 6) is 0. The second-order valence-corrected chi connectivity index (χ2v) is 4.65. The molecule has 1 N–H and O–H groups in total. The van der Waals surface area contributed by atoms with Gasteiger partial charge in [0.15, 0.2) is 0 Å². The van der Waals surface area contributed by atoms with E-state index in [4.69, 9.17) is 4.52 Å². The molecule has 0 fully saturated rings. The zero-order chi connectivity index (χ0) is 11.0. The van der Waals surface area contributed by atoms with Gasteiger partial charge >= 0.3 is 0 Å². The van der Waals surface area contributed by atoms with Gasteiger partial charge in [-0.25, -0.2) is 0 Å². The number of rotatable bonds is 2. The number of hydrogen-bond donors (Lipinski definition) is 1. The fourth-order valence-corrected chi connectivity index (χ4v) is 2.55. The van der Waals surface area contributed by atoms with Crippen LogP contribution in [0.15, 0.2) is 51.0 Å². The number of aromatic nitrogens is 2. The van der Waals surface area contributed by atoms with Crippen molar-refractivity contribution in [3.63, 3.8) is 0 Å². The van der Waals surface area contributed by atoms with E-state index in [1.807, 2.05) is 25.3 Å². The monoisotopic (exact) mass is 230 g/mol. The van der Waals surface area contributed by atoms with Gasteiger partial charge in [0.25, 0.3) is 0 Å². The lowest BCUT2D eigenvalue weighted by Gasteiger charge is -1.96. The number of benzene rings is 1. The second-order valence-electron chi connectivity index (χ2n) is 3.56. The van der Waals surface area contributed by atoms with Crippen LogP contribution in [0.3, 0.4) is 0 Å². The van der Waals surface area contributed by atoms with Crippen molar-refractivity contribution in [1.29, 1.82) is 0 Å². The van der Waals surface area contributed by atoms with E-state index in [9.17, 15) is 0 Å². The molecule has 0 bridgehead atoms. The van der Waals surface area contributed by atoms with E-state index in [0.717, 1.165) is 16.1 Å². The number of H-pyrrole nitrogens is 1. The molecule has 3 rings (SSSR count). The molecule has 0 atom stereocenters. The molecule has 0 spiro atoms. The Morgan fingerprint density at radius 3 is 2.94 bits per heavy atom. The molecule has 1 aromatic carbocycles. The third kappa shape index (κ3) is 1.51. The predicted molar refractivity (Wildman–Crippen MR) is 63.7 cm³/mol. The van der Waals surface area contributed by atoms with Crippen molar-refractivity contribution in [2.24, 2.45) is 0 Å². The quantitative estimate of drug-likeness (QED) is 0.731. The Kier molecular flexibility index (Phi) is 2.22. The Morgan fingerprint density at radius 1 is 1.25 bits per heavy atom. The van der Waals surface area contributed by atoms with Gasteiger partial charge in [0, 0.05) is 22.0 Å². The third-order valence-corrected chi connectivity index (χ3v) is 3.65. The molecule has 0 amide bonds. The van der Waals surface area contributed by atoms with Crippen molar-refractivity contribution < 1.29 is 4.52 Å². The topological polar surface area (TPSA) is 41.8 Å². The van der Waals surface area contributed by atoms with E-state index in [2.05, 4.69) is 22.3 Å². The normalized spacial score (nSPS) is 11.1. The van der Waals surface area contributed by atoms with Gasteiger partial charge in [-0.2, -0.15) is 0 Å². The predicted octanol–water partition coefficient (Wildman–Crippen LogP) is 3.62. The Balaban J connectivity index is 2.04. The summed E-state index contributed by atoms with van der Waals surface area (Å²) in [4.78, 5) is 5.50. The summed E-state index contributed by atoms with van der Waals surface area (Å²) in [7, 11) is 0. The maximum Gasteiger partial charge on any atom is 0.138 e. The van der Waals surface area contributed by atoms with E-state index in [1.165, 1.54) is 10.3 Å². The van der Waals surface area contributed by atoms with E-state index in [1.54, 1.807) is 18.0 Å². The van der Waals surface area contributed by atoms with Crippen LogP contribution < -0.4 is 0 Å². The average molecular weight is 230 g/mol. The first-order chi connectivity index (χ1) is 7.84. The van der Waals surface area contributed by atoms with Crippen LogP contribution in [0.25, 0.3) is 10.9 Å². The number of aryl methyl sites for hydroxylation is 1. The van der Waals surface area contributed by atoms with Gasteiger partial charge in [-0.3, -0.25) is 0 Å². The van der Waals surface area contributed by atoms with Crippen LogP contribution in [0.5, 0.6) is 0 Å². The van der Waals surface area contributed by atoms with Crippen molar-refractivity contribution in [2.45, 2.75) is 16.7 Å². The first kappa shape index (κ1) is 9.54. The van der Waals surface area contributed by atoms with Crippen LogP contribution in [0, 0.1) is 6.92 Å². The standard InChI is InChI=1S/C12H10N2OS/c1-8-12(7-15-14-8)16-11-6-13-10-5-3-2-4-9(10)11/h2-7,13H,1H3. The summed E-state index contributed by atoms with van der Waals surface area (Å²) in [6, 6.07) is 8.25. The Morgan fingerprint density at radius 2 is 2.12 bits per heavy atom. The van der Waals surface area contributed by atoms with Crippen LogP contribution in [0.1, 0.15) is 5.69 Å². The van der Waals surface area contributed by atoms with Gasteiger partial charge in [-0.15, -0.1) is 0 Å². The van der Waals surface area contributed by atoms with Crippen LogP contribution in [-0.2, 0) is 0 Å². The average Bonchev–Trinajstić information content (AvgIpc) is 2.88. The zero-order valence-electron chi connectivity index (χ0n) is 8.73.